The number of aryl methyl sites for hydroxylation is 5. The molecule has 1 aromatic heterocycles. The number of piperidine rings is 1. The molecule has 3 aromatic rings. The lowest BCUT2D eigenvalue weighted by molar-refractivity contribution is -0.120. The van der Waals surface area contributed by atoms with Gasteiger partial charge >= 0.3 is 0 Å². The largest absolute Gasteiger partial charge is 0.355 e. The van der Waals surface area contributed by atoms with Gasteiger partial charge in [0, 0.05) is 18.8 Å². The first-order valence-electron chi connectivity index (χ1n) is 12.2. The van der Waals surface area contributed by atoms with Crippen molar-refractivity contribution in [2.45, 2.75) is 52.4 Å². The molecule has 7 nitrogen and oxygen atoms in total. The molecule has 2 heterocycles. The van der Waals surface area contributed by atoms with Crippen molar-refractivity contribution in [3.63, 3.8) is 0 Å². The van der Waals surface area contributed by atoms with Crippen LogP contribution in [0.25, 0.3) is 12.2 Å². The van der Waals surface area contributed by atoms with E-state index in [1.165, 1.54) is 4.31 Å². The van der Waals surface area contributed by atoms with Gasteiger partial charge in [-0.3, -0.25) is 4.79 Å². The summed E-state index contributed by atoms with van der Waals surface area (Å²) in [7, 11) is -3.91. The van der Waals surface area contributed by atoms with E-state index in [9.17, 15) is 13.2 Å². The minimum atomic E-state index is -3.91. The molecule has 0 radical (unpaired) electrons. The van der Waals surface area contributed by atoms with E-state index in [2.05, 4.69) is 10.5 Å². The molecule has 1 aliphatic rings. The van der Waals surface area contributed by atoms with E-state index in [1.807, 2.05) is 70.2 Å². The van der Waals surface area contributed by atoms with E-state index < -0.39 is 15.9 Å². The van der Waals surface area contributed by atoms with Crippen LogP contribution < -0.4 is 5.32 Å². The molecule has 0 unspecified atom stereocenters. The summed E-state index contributed by atoms with van der Waals surface area (Å²) in [5.41, 5.74) is 6.31. The molecule has 1 atom stereocenters. The Labute approximate surface area is 213 Å². The molecule has 8 heteroatoms. The molecule has 0 bridgehead atoms. The van der Waals surface area contributed by atoms with Crippen LogP contribution in [0.2, 0.25) is 0 Å². The Bertz CT molecular complexity index is 1400. The monoisotopic (exact) mass is 507 g/mol. The third kappa shape index (κ3) is 5.60. The van der Waals surface area contributed by atoms with E-state index in [4.69, 9.17) is 4.52 Å². The van der Waals surface area contributed by atoms with E-state index in [1.54, 1.807) is 13.0 Å². The number of aromatic nitrogens is 1. The third-order valence-electron chi connectivity index (χ3n) is 6.52. The predicted molar refractivity (Wildman–Crippen MR) is 142 cm³/mol. The smallest absolute Gasteiger partial charge is 0.248 e. The number of hydrogen-bond acceptors (Lipinski definition) is 5. The third-order valence-corrected chi connectivity index (χ3v) is 8.55. The molecule has 190 valence electrons. The zero-order valence-electron chi connectivity index (χ0n) is 21.5. The number of carbonyl (C=O) groups excluding carboxylic acids is 1. The first kappa shape index (κ1) is 25.9. The van der Waals surface area contributed by atoms with Crippen LogP contribution in [0, 0.1) is 40.5 Å². The average molecular weight is 508 g/mol. The van der Waals surface area contributed by atoms with E-state index in [0.717, 1.165) is 33.5 Å². The van der Waals surface area contributed by atoms with Crippen molar-refractivity contribution in [2.24, 2.45) is 5.92 Å². The predicted octanol–water partition coefficient (Wildman–Crippen LogP) is 5.43. The number of nitrogens with zero attached hydrogens (tertiary/aromatic N) is 2. The SMILES string of the molecule is Cc1cc(C)cc(NC(=O)[C@@H]2CCCN(S(=O)(=O)c3c(C)noc3/C=C/c3cc(C)ccc3C)C2)c1. The highest BCUT2D eigenvalue weighted by atomic mass is 32.2. The van der Waals surface area contributed by atoms with E-state index in [-0.39, 0.29) is 23.1 Å². The van der Waals surface area contributed by atoms with Crippen molar-refractivity contribution in [3.8, 4) is 0 Å². The minimum Gasteiger partial charge on any atom is -0.355 e. The van der Waals surface area contributed by atoms with Gasteiger partial charge in [0.05, 0.1) is 5.92 Å². The molecule has 36 heavy (non-hydrogen) atoms. The molecule has 0 spiro atoms. The van der Waals surface area contributed by atoms with Crippen molar-refractivity contribution >= 4 is 33.8 Å². The van der Waals surface area contributed by atoms with Crippen LogP contribution >= 0.6 is 0 Å². The summed E-state index contributed by atoms with van der Waals surface area (Å²) in [6, 6.07) is 12.0. The van der Waals surface area contributed by atoms with Crippen molar-refractivity contribution < 1.29 is 17.7 Å². The van der Waals surface area contributed by atoms with Crippen LogP contribution in [0.15, 0.2) is 45.8 Å². The first-order chi connectivity index (χ1) is 17.0. The van der Waals surface area contributed by atoms with Gasteiger partial charge in [0.1, 0.15) is 5.69 Å². The van der Waals surface area contributed by atoms with Gasteiger partial charge < -0.3 is 9.84 Å². The molecular weight excluding hydrogens is 474 g/mol. The summed E-state index contributed by atoms with van der Waals surface area (Å²) in [5, 5.41) is 6.91. The molecular formula is C28H33N3O4S. The second-order valence-corrected chi connectivity index (χ2v) is 11.6. The van der Waals surface area contributed by atoms with Gasteiger partial charge in [-0.05, 0) is 87.9 Å². The summed E-state index contributed by atoms with van der Waals surface area (Å²) in [6.07, 6.45) is 4.73. The number of anilines is 1. The zero-order chi connectivity index (χ0) is 26.0. The Morgan fingerprint density at radius 3 is 2.47 bits per heavy atom. The van der Waals surface area contributed by atoms with Gasteiger partial charge in [0.15, 0.2) is 10.7 Å². The van der Waals surface area contributed by atoms with Crippen LogP contribution in [0.3, 0.4) is 0 Å². The van der Waals surface area contributed by atoms with Crippen LogP contribution in [0.1, 0.15) is 52.1 Å². The van der Waals surface area contributed by atoms with Crippen molar-refractivity contribution in [1.82, 2.24) is 9.46 Å². The van der Waals surface area contributed by atoms with Crippen LogP contribution in [-0.4, -0.2) is 36.9 Å². The summed E-state index contributed by atoms with van der Waals surface area (Å²) in [5.74, 6) is -0.421. The van der Waals surface area contributed by atoms with Crippen molar-refractivity contribution in [2.75, 3.05) is 18.4 Å². The second-order valence-electron chi connectivity index (χ2n) is 9.72. The summed E-state index contributed by atoms with van der Waals surface area (Å²) in [6.45, 7) is 10.0. The van der Waals surface area contributed by atoms with Crippen molar-refractivity contribution in [1.29, 1.82) is 0 Å². The summed E-state index contributed by atoms with van der Waals surface area (Å²) in [4.78, 5) is 13.1. The molecule has 1 amide bonds. The number of benzene rings is 2. The van der Waals surface area contributed by atoms with Gasteiger partial charge in [0.2, 0.25) is 15.9 Å². The van der Waals surface area contributed by atoms with Crippen molar-refractivity contribution in [3.05, 3.63) is 75.7 Å². The molecule has 0 saturated carbocycles. The van der Waals surface area contributed by atoms with E-state index in [0.29, 0.717) is 25.1 Å². The minimum absolute atomic E-state index is 0.0550. The number of amides is 1. The maximum Gasteiger partial charge on any atom is 0.248 e. The first-order valence-corrected chi connectivity index (χ1v) is 13.6. The Morgan fingerprint density at radius 1 is 1.03 bits per heavy atom. The normalized spacial score (nSPS) is 17.0. The standard InChI is InChI=1S/C28H33N3O4S/c1-18-8-9-21(4)23(14-18)10-11-26-27(22(5)30-35-26)36(33,34)31-12-6-7-24(17-31)28(32)29-25-15-19(2)13-20(3)16-25/h8-11,13-16,24H,6-7,12,17H2,1-5H3,(H,29,32)/b11-10+/t24-/m1/s1. The number of sulfonamides is 1. The summed E-state index contributed by atoms with van der Waals surface area (Å²) >= 11 is 0. The Kier molecular flexibility index (Phi) is 7.47. The van der Waals surface area contributed by atoms with Gasteiger partial charge in [-0.25, -0.2) is 8.42 Å². The maximum absolute atomic E-state index is 13.7. The molecule has 1 saturated heterocycles. The Balaban J connectivity index is 1.55. The molecule has 1 fully saturated rings. The number of hydrogen-bond donors (Lipinski definition) is 1. The lowest BCUT2D eigenvalue weighted by Crippen LogP contribution is -2.43. The highest BCUT2D eigenvalue weighted by Crippen LogP contribution is 2.30. The molecule has 1 aliphatic heterocycles. The Morgan fingerprint density at radius 2 is 1.75 bits per heavy atom. The highest BCUT2D eigenvalue weighted by Gasteiger charge is 2.37. The fourth-order valence-corrected chi connectivity index (χ4v) is 6.47. The molecule has 1 N–H and O–H groups in total. The molecule has 0 aliphatic carbocycles. The Hall–Kier alpha value is -3.23. The molecule has 2 aromatic carbocycles. The second kappa shape index (κ2) is 10.4. The fourth-order valence-electron chi connectivity index (χ4n) is 4.70. The fraction of sp³-hybridized carbons (Fsp3) is 0.357. The number of rotatable bonds is 6. The van der Waals surface area contributed by atoms with Crippen LogP contribution in [0.5, 0.6) is 0 Å². The highest BCUT2D eigenvalue weighted by molar-refractivity contribution is 7.89. The maximum atomic E-state index is 13.7. The van der Waals surface area contributed by atoms with Crippen LogP contribution in [-0.2, 0) is 14.8 Å². The number of carbonyl (C=O) groups is 1. The average Bonchev–Trinajstić information content (AvgIpc) is 3.20. The van der Waals surface area contributed by atoms with Gasteiger partial charge in [-0.2, -0.15) is 4.31 Å². The quantitative estimate of drug-likeness (QED) is 0.481. The molecule has 4 rings (SSSR count). The zero-order valence-corrected chi connectivity index (χ0v) is 22.3. The lowest BCUT2D eigenvalue weighted by Gasteiger charge is -2.31. The topological polar surface area (TPSA) is 92.5 Å². The van der Waals surface area contributed by atoms with Crippen LogP contribution in [0.4, 0.5) is 5.69 Å². The lowest BCUT2D eigenvalue weighted by atomic mass is 9.98. The number of nitrogens with one attached hydrogen (secondary N) is 1. The van der Waals surface area contributed by atoms with E-state index >= 15 is 0 Å². The van der Waals surface area contributed by atoms with Gasteiger partial charge in [0.25, 0.3) is 0 Å². The van der Waals surface area contributed by atoms with Gasteiger partial charge in [-0.1, -0.05) is 41.1 Å². The van der Waals surface area contributed by atoms with Gasteiger partial charge in [-0.15, -0.1) is 0 Å². The summed E-state index contributed by atoms with van der Waals surface area (Å²) < 4.78 is 34.2.